The van der Waals surface area contributed by atoms with Crippen LogP contribution >= 0.6 is 0 Å². The molecule has 0 spiro atoms. The SMILES string of the molecule is C=C1CC[C@H](O)C/C1=C\C=C1/CCC[C@@]2(C)[C@H]1CC(CO)[C@H]2[C@H](C)CCCC(C)C. The predicted octanol–water partition coefficient (Wildman–Crippen LogP) is 6.84. The monoisotopic (exact) mass is 414 g/mol. The van der Waals surface area contributed by atoms with Crippen molar-refractivity contribution in [3.8, 4) is 0 Å². The Hall–Kier alpha value is -0.860. The van der Waals surface area contributed by atoms with Gasteiger partial charge in [-0.25, -0.2) is 0 Å². The first-order valence-electron chi connectivity index (χ1n) is 12.6. The van der Waals surface area contributed by atoms with Crippen LogP contribution in [-0.4, -0.2) is 22.9 Å². The molecule has 0 aromatic carbocycles. The lowest BCUT2D eigenvalue weighted by molar-refractivity contribution is 0.0564. The Bertz CT molecular complexity index is 658. The van der Waals surface area contributed by atoms with Gasteiger partial charge >= 0.3 is 0 Å². The fourth-order valence-corrected chi connectivity index (χ4v) is 7.18. The van der Waals surface area contributed by atoms with Gasteiger partial charge in [0.15, 0.2) is 0 Å². The molecule has 0 aliphatic heterocycles. The summed E-state index contributed by atoms with van der Waals surface area (Å²) in [4.78, 5) is 0. The molecule has 3 aliphatic carbocycles. The highest BCUT2D eigenvalue weighted by Crippen LogP contribution is 2.62. The fraction of sp³-hybridized carbons (Fsp3) is 0.786. The van der Waals surface area contributed by atoms with Crippen LogP contribution in [0, 0.1) is 35.0 Å². The van der Waals surface area contributed by atoms with Gasteiger partial charge in [0.05, 0.1) is 6.10 Å². The van der Waals surface area contributed by atoms with Crippen molar-refractivity contribution in [3.63, 3.8) is 0 Å². The van der Waals surface area contributed by atoms with Gasteiger partial charge in [-0.15, -0.1) is 0 Å². The molecular weight excluding hydrogens is 368 g/mol. The van der Waals surface area contributed by atoms with Crippen LogP contribution in [0.5, 0.6) is 0 Å². The van der Waals surface area contributed by atoms with Crippen molar-refractivity contribution >= 4 is 0 Å². The molecule has 2 heteroatoms. The Labute approximate surface area is 185 Å². The van der Waals surface area contributed by atoms with Crippen molar-refractivity contribution in [2.45, 2.75) is 98.0 Å². The van der Waals surface area contributed by atoms with Crippen molar-refractivity contribution in [3.05, 3.63) is 35.5 Å². The first kappa shape index (κ1) is 23.8. The quantitative estimate of drug-likeness (QED) is 0.479. The number of fused-ring (bicyclic) bond motifs is 1. The van der Waals surface area contributed by atoms with Crippen molar-refractivity contribution in [1.82, 2.24) is 0 Å². The van der Waals surface area contributed by atoms with E-state index in [1.54, 1.807) is 5.57 Å². The van der Waals surface area contributed by atoms with Crippen LogP contribution in [0.3, 0.4) is 0 Å². The summed E-state index contributed by atoms with van der Waals surface area (Å²) in [5.41, 5.74) is 4.34. The zero-order chi connectivity index (χ0) is 21.9. The van der Waals surface area contributed by atoms with Gasteiger partial charge in [0, 0.05) is 6.61 Å². The van der Waals surface area contributed by atoms with E-state index < -0.39 is 0 Å². The summed E-state index contributed by atoms with van der Waals surface area (Å²) in [6, 6.07) is 0. The molecule has 0 saturated heterocycles. The van der Waals surface area contributed by atoms with Crippen molar-refractivity contribution in [2.75, 3.05) is 6.61 Å². The number of rotatable bonds is 7. The van der Waals surface area contributed by atoms with Crippen LogP contribution in [0.2, 0.25) is 0 Å². The molecule has 6 atom stereocenters. The second-order valence-corrected chi connectivity index (χ2v) is 11.4. The predicted molar refractivity (Wildman–Crippen MR) is 127 cm³/mol. The molecule has 0 aromatic rings. The minimum absolute atomic E-state index is 0.210. The van der Waals surface area contributed by atoms with E-state index in [-0.39, 0.29) is 6.10 Å². The summed E-state index contributed by atoms with van der Waals surface area (Å²) in [6.45, 7) is 14.2. The van der Waals surface area contributed by atoms with Gasteiger partial charge in [-0.1, -0.05) is 76.8 Å². The van der Waals surface area contributed by atoms with E-state index in [0.717, 1.165) is 31.6 Å². The molecule has 0 heterocycles. The molecule has 1 unspecified atom stereocenters. The number of hydrogen-bond donors (Lipinski definition) is 2. The molecular formula is C28H46O2. The van der Waals surface area contributed by atoms with Gasteiger partial charge < -0.3 is 10.2 Å². The van der Waals surface area contributed by atoms with Crippen LogP contribution in [0.25, 0.3) is 0 Å². The minimum Gasteiger partial charge on any atom is -0.396 e. The Balaban J connectivity index is 1.79. The van der Waals surface area contributed by atoms with Gasteiger partial charge in [-0.2, -0.15) is 0 Å². The van der Waals surface area contributed by atoms with Crippen LogP contribution in [0.4, 0.5) is 0 Å². The van der Waals surface area contributed by atoms with Gasteiger partial charge in [-0.3, -0.25) is 0 Å². The normalized spacial score (nSPS) is 38.4. The lowest BCUT2D eigenvalue weighted by Gasteiger charge is -2.45. The Kier molecular flexibility index (Phi) is 8.07. The second-order valence-electron chi connectivity index (χ2n) is 11.4. The van der Waals surface area contributed by atoms with Crippen molar-refractivity contribution in [2.24, 2.45) is 35.0 Å². The summed E-state index contributed by atoms with van der Waals surface area (Å²) >= 11 is 0. The van der Waals surface area contributed by atoms with Gasteiger partial charge in [0.25, 0.3) is 0 Å². The summed E-state index contributed by atoms with van der Waals surface area (Å²) in [7, 11) is 0. The van der Waals surface area contributed by atoms with E-state index in [2.05, 4.69) is 46.4 Å². The van der Waals surface area contributed by atoms with Gasteiger partial charge in [0.1, 0.15) is 0 Å². The van der Waals surface area contributed by atoms with Crippen LogP contribution in [0.15, 0.2) is 35.5 Å². The first-order valence-corrected chi connectivity index (χ1v) is 12.6. The highest BCUT2D eigenvalue weighted by atomic mass is 16.3. The van der Waals surface area contributed by atoms with Crippen LogP contribution in [0.1, 0.15) is 91.9 Å². The number of allylic oxidation sites excluding steroid dienone is 4. The van der Waals surface area contributed by atoms with Gasteiger partial charge in [-0.05, 0) is 85.5 Å². The van der Waals surface area contributed by atoms with Crippen molar-refractivity contribution in [1.29, 1.82) is 0 Å². The molecule has 3 saturated carbocycles. The second kappa shape index (κ2) is 10.2. The summed E-state index contributed by atoms with van der Waals surface area (Å²) < 4.78 is 0. The topological polar surface area (TPSA) is 40.5 Å². The van der Waals surface area contributed by atoms with E-state index in [0.29, 0.717) is 35.7 Å². The third-order valence-electron chi connectivity index (χ3n) is 8.71. The molecule has 2 nitrogen and oxygen atoms in total. The summed E-state index contributed by atoms with van der Waals surface area (Å²) in [5.74, 6) is 3.13. The molecule has 3 aliphatic rings. The minimum atomic E-state index is -0.210. The molecule has 2 N–H and O–H groups in total. The maximum atomic E-state index is 10.3. The van der Waals surface area contributed by atoms with E-state index in [4.69, 9.17) is 0 Å². The maximum Gasteiger partial charge on any atom is 0.0583 e. The zero-order valence-electron chi connectivity index (χ0n) is 20.0. The molecule has 0 bridgehead atoms. The van der Waals surface area contributed by atoms with Crippen LogP contribution in [-0.2, 0) is 0 Å². The Morgan fingerprint density at radius 2 is 1.93 bits per heavy atom. The van der Waals surface area contributed by atoms with E-state index in [9.17, 15) is 10.2 Å². The largest absolute Gasteiger partial charge is 0.396 e. The van der Waals surface area contributed by atoms with E-state index >= 15 is 0 Å². The standard InChI is InChI=1S/C28H46O2/c1-19(2)8-6-9-21(4)27-24(18-29)17-26-22(10-7-15-28(26,27)5)12-13-23-16-25(30)14-11-20(23)3/h12-13,19,21,24-27,29-30H,3,6-11,14-18H2,1-2,4-5H3/b22-12+,23-13+/t21-,24?,25+,26+,27-,28+/m1/s1. The molecule has 0 aromatic heterocycles. The number of aliphatic hydroxyl groups excluding tert-OH is 2. The van der Waals surface area contributed by atoms with E-state index in [1.165, 1.54) is 49.7 Å². The number of aliphatic hydroxyl groups is 2. The zero-order valence-corrected chi connectivity index (χ0v) is 20.0. The molecule has 3 fully saturated rings. The molecule has 0 radical (unpaired) electrons. The highest BCUT2D eigenvalue weighted by molar-refractivity contribution is 5.36. The average molecular weight is 415 g/mol. The van der Waals surface area contributed by atoms with E-state index in [1.807, 2.05) is 0 Å². The number of hydrogen-bond acceptors (Lipinski definition) is 2. The molecule has 170 valence electrons. The highest BCUT2D eigenvalue weighted by Gasteiger charge is 2.54. The van der Waals surface area contributed by atoms with Crippen molar-refractivity contribution < 1.29 is 10.2 Å². The smallest absolute Gasteiger partial charge is 0.0583 e. The van der Waals surface area contributed by atoms with Crippen LogP contribution < -0.4 is 0 Å². The van der Waals surface area contributed by atoms with Gasteiger partial charge in [0.2, 0.25) is 0 Å². The summed E-state index contributed by atoms with van der Waals surface area (Å²) in [5, 5.41) is 20.3. The summed E-state index contributed by atoms with van der Waals surface area (Å²) in [6.07, 6.45) is 15.8. The average Bonchev–Trinajstić information content (AvgIpc) is 3.01. The Morgan fingerprint density at radius 3 is 2.63 bits per heavy atom. The first-order chi connectivity index (χ1) is 14.3. The third kappa shape index (κ3) is 5.13. The fourth-order valence-electron chi connectivity index (χ4n) is 7.18. The lowest BCUT2D eigenvalue weighted by atomic mass is 9.60. The Morgan fingerprint density at radius 1 is 1.17 bits per heavy atom. The third-order valence-corrected chi connectivity index (χ3v) is 8.71. The molecule has 0 amide bonds. The maximum absolute atomic E-state index is 10.3. The molecule has 30 heavy (non-hydrogen) atoms. The lowest BCUT2D eigenvalue weighted by Crippen LogP contribution is -2.38. The molecule has 3 rings (SSSR count).